The molecule has 1 aliphatic rings. The van der Waals surface area contributed by atoms with Crippen molar-refractivity contribution in [1.29, 1.82) is 0 Å². The smallest absolute Gasteiger partial charge is 0.161 e. The molecule has 96 valence electrons. The number of imidazole rings is 1. The third kappa shape index (κ3) is 1.46. The monoisotopic (exact) mass is 255 g/mol. The van der Waals surface area contributed by atoms with E-state index in [0.29, 0.717) is 16.7 Å². The molecule has 0 amide bonds. The molecule has 0 spiro atoms. The van der Waals surface area contributed by atoms with Gasteiger partial charge in [-0.2, -0.15) is 0 Å². The highest BCUT2D eigenvalue weighted by Gasteiger charge is 2.19. The molecule has 2 heterocycles. The maximum absolute atomic E-state index is 5.87. The Bertz CT molecular complexity index is 758. The zero-order chi connectivity index (χ0) is 12.8. The standard InChI is InChI=1S/C13H13N5O/c14-8-5-6-11(13-12(8)16-19-17-13)18-7-15-9-3-1-2-4-10(9)18/h5-7H,1-4,14H2. The molecule has 0 atom stereocenters. The van der Waals surface area contributed by atoms with Crippen molar-refractivity contribution in [2.75, 3.05) is 5.73 Å². The van der Waals surface area contributed by atoms with Crippen LogP contribution in [0.2, 0.25) is 0 Å². The maximum atomic E-state index is 5.87. The molecule has 0 aliphatic heterocycles. The Hall–Kier alpha value is -2.37. The summed E-state index contributed by atoms with van der Waals surface area (Å²) in [5, 5.41) is 7.83. The van der Waals surface area contributed by atoms with E-state index in [1.807, 2.05) is 18.5 Å². The largest absolute Gasteiger partial charge is 0.397 e. The number of fused-ring (bicyclic) bond motifs is 2. The molecule has 3 aromatic rings. The zero-order valence-electron chi connectivity index (χ0n) is 10.3. The minimum Gasteiger partial charge on any atom is -0.397 e. The Kier molecular flexibility index (Phi) is 2.11. The lowest BCUT2D eigenvalue weighted by Gasteiger charge is -2.14. The number of nitrogens with two attached hydrogens (primary N) is 1. The number of nitrogens with zero attached hydrogens (tertiary/aromatic N) is 4. The second kappa shape index (κ2) is 3.81. The van der Waals surface area contributed by atoms with E-state index in [9.17, 15) is 0 Å². The Morgan fingerprint density at radius 2 is 1.95 bits per heavy atom. The van der Waals surface area contributed by atoms with Gasteiger partial charge in [0.1, 0.15) is 0 Å². The quantitative estimate of drug-likeness (QED) is 0.671. The number of rotatable bonds is 1. The number of aromatic nitrogens is 4. The van der Waals surface area contributed by atoms with E-state index in [1.165, 1.54) is 24.2 Å². The molecule has 0 radical (unpaired) electrons. The molecule has 6 heteroatoms. The topological polar surface area (TPSA) is 82.8 Å². The first kappa shape index (κ1) is 10.5. The van der Waals surface area contributed by atoms with Crippen LogP contribution < -0.4 is 5.73 Å². The predicted octanol–water partition coefficient (Wildman–Crippen LogP) is 1.87. The van der Waals surface area contributed by atoms with Crippen LogP contribution in [0, 0.1) is 0 Å². The molecule has 2 aromatic heterocycles. The highest BCUT2D eigenvalue weighted by molar-refractivity contribution is 5.91. The summed E-state index contributed by atoms with van der Waals surface area (Å²) in [4.78, 5) is 4.50. The molecule has 6 nitrogen and oxygen atoms in total. The first-order valence-electron chi connectivity index (χ1n) is 6.41. The molecule has 0 saturated heterocycles. The third-order valence-electron chi connectivity index (χ3n) is 3.71. The van der Waals surface area contributed by atoms with Crippen molar-refractivity contribution >= 4 is 16.7 Å². The average molecular weight is 255 g/mol. The molecule has 1 aromatic carbocycles. The molecule has 0 unspecified atom stereocenters. The van der Waals surface area contributed by atoms with Gasteiger partial charge in [0.2, 0.25) is 0 Å². The van der Waals surface area contributed by atoms with Crippen LogP contribution in [0.3, 0.4) is 0 Å². The first-order chi connectivity index (χ1) is 9.34. The van der Waals surface area contributed by atoms with Gasteiger partial charge >= 0.3 is 0 Å². The van der Waals surface area contributed by atoms with Gasteiger partial charge in [-0.1, -0.05) is 0 Å². The number of aryl methyl sites for hydroxylation is 1. The van der Waals surface area contributed by atoms with Crippen LogP contribution in [-0.2, 0) is 12.8 Å². The Morgan fingerprint density at radius 1 is 1.11 bits per heavy atom. The van der Waals surface area contributed by atoms with Crippen molar-refractivity contribution in [1.82, 2.24) is 19.9 Å². The lowest BCUT2D eigenvalue weighted by molar-refractivity contribution is 0.315. The number of anilines is 1. The lowest BCUT2D eigenvalue weighted by Crippen LogP contribution is -2.07. The fourth-order valence-corrected chi connectivity index (χ4v) is 2.74. The number of hydrogen-bond donors (Lipinski definition) is 1. The van der Waals surface area contributed by atoms with Crippen molar-refractivity contribution in [3.63, 3.8) is 0 Å². The van der Waals surface area contributed by atoms with Gasteiger partial charge < -0.3 is 10.3 Å². The second-order valence-corrected chi connectivity index (χ2v) is 4.85. The summed E-state index contributed by atoms with van der Waals surface area (Å²) in [5.74, 6) is 0. The van der Waals surface area contributed by atoms with E-state index < -0.39 is 0 Å². The van der Waals surface area contributed by atoms with Gasteiger partial charge in [-0.3, -0.25) is 0 Å². The van der Waals surface area contributed by atoms with Crippen LogP contribution in [0.5, 0.6) is 0 Å². The van der Waals surface area contributed by atoms with Crippen molar-refractivity contribution in [2.45, 2.75) is 25.7 Å². The van der Waals surface area contributed by atoms with Crippen molar-refractivity contribution < 1.29 is 4.63 Å². The molecular formula is C13H13N5O. The zero-order valence-corrected chi connectivity index (χ0v) is 10.3. The Balaban J connectivity index is 1.98. The van der Waals surface area contributed by atoms with E-state index in [4.69, 9.17) is 10.4 Å². The Labute approximate surface area is 109 Å². The molecule has 0 saturated carbocycles. The van der Waals surface area contributed by atoms with Crippen LogP contribution >= 0.6 is 0 Å². The summed E-state index contributed by atoms with van der Waals surface area (Å²) in [5.41, 5.74) is 11.1. The summed E-state index contributed by atoms with van der Waals surface area (Å²) in [7, 11) is 0. The highest BCUT2D eigenvalue weighted by atomic mass is 16.6. The minimum absolute atomic E-state index is 0.578. The summed E-state index contributed by atoms with van der Waals surface area (Å²) in [6.07, 6.45) is 6.38. The van der Waals surface area contributed by atoms with Crippen LogP contribution in [0.4, 0.5) is 5.69 Å². The van der Waals surface area contributed by atoms with Gasteiger partial charge in [-0.15, -0.1) is 0 Å². The van der Waals surface area contributed by atoms with Gasteiger partial charge in [0.15, 0.2) is 11.0 Å². The van der Waals surface area contributed by atoms with Gasteiger partial charge in [0.05, 0.1) is 23.4 Å². The average Bonchev–Trinajstić information content (AvgIpc) is 3.06. The van der Waals surface area contributed by atoms with Gasteiger partial charge in [0, 0.05) is 5.69 Å². The van der Waals surface area contributed by atoms with Crippen LogP contribution in [-0.4, -0.2) is 19.9 Å². The number of hydrogen-bond acceptors (Lipinski definition) is 5. The van der Waals surface area contributed by atoms with E-state index in [1.54, 1.807) is 0 Å². The summed E-state index contributed by atoms with van der Waals surface area (Å²) in [6.45, 7) is 0. The van der Waals surface area contributed by atoms with E-state index >= 15 is 0 Å². The summed E-state index contributed by atoms with van der Waals surface area (Å²) < 4.78 is 6.90. The van der Waals surface area contributed by atoms with Crippen LogP contribution in [0.1, 0.15) is 24.2 Å². The number of nitrogen functional groups attached to an aromatic ring is 1. The van der Waals surface area contributed by atoms with Gasteiger partial charge in [-0.05, 0) is 48.1 Å². The van der Waals surface area contributed by atoms with Crippen LogP contribution in [0.25, 0.3) is 16.7 Å². The third-order valence-corrected chi connectivity index (χ3v) is 3.71. The second-order valence-electron chi connectivity index (χ2n) is 4.85. The highest BCUT2D eigenvalue weighted by Crippen LogP contribution is 2.28. The Morgan fingerprint density at radius 3 is 2.89 bits per heavy atom. The minimum atomic E-state index is 0.578. The summed E-state index contributed by atoms with van der Waals surface area (Å²) >= 11 is 0. The van der Waals surface area contributed by atoms with E-state index in [0.717, 1.165) is 18.5 Å². The van der Waals surface area contributed by atoms with E-state index in [-0.39, 0.29) is 0 Å². The van der Waals surface area contributed by atoms with Crippen LogP contribution in [0.15, 0.2) is 23.1 Å². The fraction of sp³-hybridized carbons (Fsp3) is 0.308. The first-order valence-corrected chi connectivity index (χ1v) is 6.41. The fourth-order valence-electron chi connectivity index (χ4n) is 2.74. The lowest BCUT2D eigenvalue weighted by atomic mass is 10.0. The molecule has 2 N–H and O–H groups in total. The van der Waals surface area contributed by atoms with Gasteiger partial charge in [-0.25, -0.2) is 9.61 Å². The normalized spacial score (nSPS) is 14.7. The summed E-state index contributed by atoms with van der Waals surface area (Å²) in [6, 6.07) is 3.77. The SMILES string of the molecule is Nc1ccc(-n2cnc3c2CCCC3)c2nonc12. The molecular weight excluding hydrogens is 242 g/mol. The molecule has 19 heavy (non-hydrogen) atoms. The molecule has 1 aliphatic carbocycles. The van der Waals surface area contributed by atoms with Crippen molar-refractivity contribution in [3.8, 4) is 5.69 Å². The predicted molar refractivity (Wildman–Crippen MR) is 70.0 cm³/mol. The molecule has 0 bridgehead atoms. The van der Waals surface area contributed by atoms with E-state index in [2.05, 4.69) is 19.9 Å². The number of benzene rings is 1. The maximum Gasteiger partial charge on any atom is 0.161 e. The van der Waals surface area contributed by atoms with Crippen molar-refractivity contribution in [3.05, 3.63) is 29.8 Å². The van der Waals surface area contributed by atoms with Gasteiger partial charge in [0.25, 0.3) is 0 Å². The molecule has 0 fully saturated rings. The molecule has 4 rings (SSSR count). The van der Waals surface area contributed by atoms with Crippen molar-refractivity contribution in [2.24, 2.45) is 0 Å².